The fraction of sp³-hybridized carbons (Fsp3) is 0.562. The van der Waals surface area contributed by atoms with Crippen molar-refractivity contribution in [3.63, 3.8) is 0 Å². The molecular weight excluding hydrogens is 268 g/mol. The summed E-state index contributed by atoms with van der Waals surface area (Å²) in [5.74, 6) is 1.68. The highest BCUT2D eigenvalue weighted by Crippen LogP contribution is 2.34. The first-order valence-electron chi connectivity index (χ1n) is 7.48. The van der Waals surface area contributed by atoms with Crippen LogP contribution in [0.15, 0.2) is 24.3 Å². The Labute approximate surface area is 126 Å². The van der Waals surface area contributed by atoms with E-state index in [1.807, 2.05) is 18.9 Å². The van der Waals surface area contributed by atoms with E-state index in [2.05, 4.69) is 0 Å². The summed E-state index contributed by atoms with van der Waals surface area (Å²) in [5.41, 5.74) is 5.78. The van der Waals surface area contributed by atoms with E-state index in [0.717, 1.165) is 5.75 Å². The van der Waals surface area contributed by atoms with Gasteiger partial charge in [0.25, 0.3) is 0 Å². The Balaban J connectivity index is 1.83. The molecule has 0 heterocycles. The Bertz CT molecular complexity index is 457. The first-order valence-corrected chi connectivity index (χ1v) is 7.48. The number of carbonyl (C=O) groups excluding carboxylic acids is 1. The van der Waals surface area contributed by atoms with Gasteiger partial charge in [-0.1, -0.05) is 0 Å². The summed E-state index contributed by atoms with van der Waals surface area (Å²) < 4.78 is 10.7. The van der Waals surface area contributed by atoms with Crippen LogP contribution in [0.2, 0.25) is 0 Å². The second kappa shape index (κ2) is 7.43. The molecule has 5 heteroatoms. The van der Waals surface area contributed by atoms with Crippen LogP contribution >= 0.6 is 0 Å². The van der Waals surface area contributed by atoms with Crippen LogP contribution in [-0.4, -0.2) is 43.7 Å². The van der Waals surface area contributed by atoms with Crippen LogP contribution in [-0.2, 0) is 4.79 Å². The number of carbonyl (C=O) groups is 1. The van der Waals surface area contributed by atoms with Gasteiger partial charge in [0.05, 0.1) is 13.2 Å². The summed E-state index contributed by atoms with van der Waals surface area (Å²) in [6, 6.07) is 7.35. The van der Waals surface area contributed by atoms with E-state index >= 15 is 0 Å². The van der Waals surface area contributed by atoms with E-state index in [1.54, 1.807) is 24.3 Å². The maximum atomic E-state index is 12.0. The molecule has 1 saturated carbocycles. The molecule has 1 aromatic rings. The Morgan fingerprint density at radius 2 is 1.95 bits per heavy atom. The second-order valence-electron chi connectivity index (χ2n) is 5.43. The highest BCUT2D eigenvalue weighted by molar-refractivity contribution is 5.74. The van der Waals surface area contributed by atoms with E-state index in [0.29, 0.717) is 24.8 Å². The monoisotopic (exact) mass is 292 g/mol. The summed E-state index contributed by atoms with van der Waals surface area (Å²) in [6.45, 7) is 3.38. The largest absolute Gasteiger partial charge is 0.494 e. The van der Waals surface area contributed by atoms with Crippen molar-refractivity contribution < 1.29 is 14.3 Å². The normalized spacial score (nSPS) is 15.8. The van der Waals surface area contributed by atoms with Crippen molar-refractivity contribution in [1.29, 1.82) is 0 Å². The topological polar surface area (TPSA) is 64.8 Å². The average molecular weight is 292 g/mol. The van der Waals surface area contributed by atoms with Gasteiger partial charge in [-0.2, -0.15) is 0 Å². The van der Waals surface area contributed by atoms with E-state index in [1.165, 1.54) is 12.8 Å². The van der Waals surface area contributed by atoms with E-state index in [4.69, 9.17) is 15.2 Å². The van der Waals surface area contributed by atoms with Crippen molar-refractivity contribution in [1.82, 2.24) is 4.90 Å². The zero-order valence-corrected chi connectivity index (χ0v) is 12.7. The van der Waals surface area contributed by atoms with E-state index < -0.39 is 0 Å². The third kappa shape index (κ3) is 4.72. The molecule has 1 aromatic carbocycles. The molecule has 1 unspecified atom stereocenters. The van der Waals surface area contributed by atoms with Gasteiger partial charge in [-0.3, -0.25) is 9.69 Å². The van der Waals surface area contributed by atoms with Gasteiger partial charge in [-0.05, 0) is 57.0 Å². The highest BCUT2D eigenvalue weighted by Gasteiger charge is 2.33. The Hall–Kier alpha value is -1.59. The molecule has 0 aliphatic heterocycles. The molecule has 1 aliphatic carbocycles. The minimum absolute atomic E-state index is 0.256. The van der Waals surface area contributed by atoms with Crippen molar-refractivity contribution in [3.05, 3.63) is 24.3 Å². The summed E-state index contributed by atoms with van der Waals surface area (Å²) in [7, 11) is 1.93. The third-order valence-electron chi connectivity index (χ3n) is 3.72. The number of nitrogens with zero attached hydrogens (tertiary/aromatic N) is 1. The Kier molecular flexibility index (Phi) is 5.59. The molecule has 116 valence electrons. The quantitative estimate of drug-likeness (QED) is 0.583. The molecule has 21 heavy (non-hydrogen) atoms. The molecule has 0 aromatic heterocycles. The maximum Gasteiger partial charge on any atom is 0.325 e. The minimum atomic E-state index is -0.263. The van der Waals surface area contributed by atoms with Gasteiger partial charge >= 0.3 is 5.97 Å². The predicted molar refractivity (Wildman–Crippen MR) is 81.4 cm³/mol. The van der Waals surface area contributed by atoms with Crippen molar-refractivity contribution >= 4 is 5.97 Å². The smallest absolute Gasteiger partial charge is 0.325 e. The number of nitrogens with two attached hydrogens (primary N) is 1. The molecule has 0 amide bonds. The fourth-order valence-electron chi connectivity index (χ4n) is 2.47. The van der Waals surface area contributed by atoms with Crippen molar-refractivity contribution in [2.75, 3.05) is 26.7 Å². The summed E-state index contributed by atoms with van der Waals surface area (Å²) in [4.78, 5) is 14.0. The molecule has 1 atom stereocenters. The lowest BCUT2D eigenvalue weighted by molar-refractivity contribution is -0.135. The predicted octanol–water partition coefficient (Wildman–Crippen LogP) is 1.66. The van der Waals surface area contributed by atoms with Gasteiger partial charge in [0.1, 0.15) is 11.5 Å². The zero-order chi connectivity index (χ0) is 15.2. The number of benzene rings is 1. The van der Waals surface area contributed by atoms with Crippen molar-refractivity contribution in [2.24, 2.45) is 11.7 Å². The number of hydrogen-bond donors (Lipinski definition) is 1. The third-order valence-corrected chi connectivity index (χ3v) is 3.72. The van der Waals surface area contributed by atoms with Crippen molar-refractivity contribution in [2.45, 2.75) is 25.8 Å². The SMILES string of the molecule is CCOc1ccc(OC(=O)CN(C)C(CN)C2CC2)cc1. The molecule has 1 aliphatic rings. The fourth-order valence-corrected chi connectivity index (χ4v) is 2.47. The lowest BCUT2D eigenvalue weighted by atomic mass is 10.1. The Morgan fingerprint density at radius 3 is 2.48 bits per heavy atom. The molecule has 0 bridgehead atoms. The zero-order valence-electron chi connectivity index (χ0n) is 12.7. The van der Waals surface area contributed by atoms with Crippen LogP contribution in [0, 0.1) is 5.92 Å². The van der Waals surface area contributed by atoms with Crippen LogP contribution in [0.25, 0.3) is 0 Å². The summed E-state index contributed by atoms with van der Waals surface area (Å²) in [6.07, 6.45) is 2.42. The molecular formula is C16H24N2O3. The van der Waals surface area contributed by atoms with Crippen LogP contribution in [0.1, 0.15) is 19.8 Å². The number of ether oxygens (including phenoxy) is 2. The van der Waals surface area contributed by atoms with E-state index in [-0.39, 0.29) is 18.6 Å². The number of esters is 1. The second-order valence-corrected chi connectivity index (χ2v) is 5.43. The first-order chi connectivity index (χ1) is 10.1. The average Bonchev–Trinajstić information content (AvgIpc) is 3.26. The molecule has 2 rings (SSSR count). The van der Waals surface area contributed by atoms with Crippen LogP contribution in [0.3, 0.4) is 0 Å². The lowest BCUT2D eigenvalue weighted by Crippen LogP contribution is -2.43. The molecule has 5 nitrogen and oxygen atoms in total. The Morgan fingerprint density at radius 1 is 1.33 bits per heavy atom. The standard InChI is InChI=1S/C16H24N2O3/c1-3-20-13-6-8-14(9-7-13)21-16(19)11-18(2)15(10-17)12-4-5-12/h6-9,12,15H,3-5,10-11,17H2,1-2H3. The van der Waals surface area contributed by atoms with Gasteiger partial charge < -0.3 is 15.2 Å². The number of rotatable bonds is 8. The molecule has 0 radical (unpaired) electrons. The van der Waals surface area contributed by atoms with Gasteiger partial charge in [0, 0.05) is 12.6 Å². The maximum absolute atomic E-state index is 12.0. The molecule has 2 N–H and O–H groups in total. The van der Waals surface area contributed by atoms with Crippen LogP contribution in [0.5, 0.6) is 11.5 Å². The minimum Gasteiger partial charge on any atom is -0.494 e. The lowest BCUT2D eigenvalue weighted by Gasteiger charge is -2.25. The summed E-state index contributed by atoms with van der Waals surface area (Å²) in [5, 5.41) is 0. The van der Waals surface area contributed by atoms with Gasteiger partial charge in [0.2, 0.25) is 0 Å². The highest BCUT2D eigenvalue weighted by atomic mass is 16.5. The first kappa shape index (κ1) is 15.8. The van der Waals surface area contributed by atoms with E-state index in [9.17, 15) is 4.79 Å². The van der Waals surface area contributed by atoms with Crippen LogP contribution < -0.4 is 15.2 Å². The number of hydrogen-bond acceptors (Lipinski definition) is 5. The molecule has 0 saturated heterocycles. The van der Waals surface area contributed by atoms with Crippen molar-refractivity contribution in [3.8, 4) is 11.5 Å². The number of likely N-dealkylation sites (N-methyl/N-ethyl adjacent to an activating group) is 1. The van der Waals surface area contributed by atoms with Gasteiger partial charge in [-0.25, -0.2) is 0 Å². The van der Waals surface area contributed by atoms with Gasteiger partial charge in [-0.15, -0.1) is 0 Å². The summed E-state index contributed by atoms with van der Waals surface area (Å²) >= 11 is 0. The van der Waals surface area contributed by atoms with Crippen LogP contribution in [0.4, 0.5) is 0 Å². The molecule has 0 spiro atoms. The van der Waals surface area contributed by atoms with Gasteiger partial charge in [0.15, 0.2) is 0 Å². The molecule has 1 fully saturated rings.